The molecule has 0 spiro atoms. The molecule has 0 aliphatic heterocycles. The van der Waals surface area contributed by atoms with E-state index in [1.165, 1.54) is 49.9 Å². The lowest BCUT2D eigenvalue weighted by Gasteiger charge is -2.33. The lowest BCUT2D eigenvalue weighted by Crippen LogP contribution is -2.45. The van der Waals surface area contributed by atoms with Gasteiger partial charge in [-0.3, -0.25) is 4.79 Å². The van der Waals surface area contributed by atoms with Gasteiger partial charge in [-0.25, -0.2) is 13.2 Å². The normalized spacial score (nSPS) is 14.5. The van der Waals surface area contributed by atoms with Gasteiger partial charge in [0.1, 0.15) is 0 Å². The highest BCUT2D eigenvalue weighted by Crippen LogP contribution is 2.34. The minimum atomic E-state index is -3.91. The first kappa shape index (κ1) is 25.5. The van der Waals surface area contributed by atoms with E-state index in [1.54, 1.807) is 18.2 Å². The number of carbonyl (C=O) groups is 2. The van der Waals surface area contributed by atoms with Crippen LogP contribution in [0.3, 0.4) is 0 Å². The van der Waals surface area contributed by atoms with E-state index in [2.05, 4.69) is 5.32 Å². The van der Waals surface area contributed by atoms with Crippen LogP contribution in [-0.2, 0) is 19.6 Å². The van der Waals surface area contributed by atoms with E-state index in [0.29, 0.717) is 18.6 Å². The molecule has 0 unspecified atom stereocenters. The van der Waals surface area contributed by atoms with Crippen molar-refractivity contribution in [2.24, 2.45) is 0 Å². The number of hydrogen-bond acceptors (Lipinski definition) is 7. The zero-order chi connectivity index (χ0) is 24.7. The second-order valence-corrected chi connectivity index (χ2v) is 9.84. The number of methoxy groups -OCH3 is 3. The summed E-state index contributed by atoms with van der Waals surface area (Å²) in [6.07, 6.45) is 4.20. The van der Waals surface area contributed by atoms with Crippen LogP contribution in [-0.4, -0.2) is 58.5 Å². The highest BCUT2D eigenvalue weighted by atomic mass is 32.2. The van der Waals surface area contributed by atoms with E-state index in [9.17, 15) is 18.0 Å². The Morgan fingerprint density at radius 3 is 2.18 bits per heavy atom. The number of rotatable bonds is 9. The molecular weight excluding hydrogens is 460 g/mol. The Hall–Kier alpha value is -3.11. The molecule has 2 aromatic carbocycles. The minimum absolute atomic E-state index is 0.0589. The predicted molar refractivity (Wildman–Crippen MR) is 127 cm³/mol. The fourth-order valence-corrected chi connectivity index (χ4v) is 5.76. The molecule has 1 N–H and O–H groups in total. The first-order valence-corrected chi connectivity index (χ1v) is 12.5. The van der Waals surface area contributed by atoms with Crippen molar-refractivity contribution in [2.45, 2.75) is 43.0 Å². The Morgan fingerprint density at radius 2 is 1.59 bits per heavy atom. The van der Waals surface area contributed by atoms with Gasteiger partial charge < -0.3 is 19.5 Å². The van der Waals surface area contributed by atoms with Gasteiger partial charge in [-0.15, -0.1) is 0 Å². The van der Waals surface area contributed by atoms with Gasteiger partial charge in [0.05, 0.1) is 44.0 Å². The molecule has 184 valence electrons. The van der Waals surface area contributed by atoms with E-state index >= 15 is 0 Å². The van der Waals surface area contributed by atoms with Gasteiger partial charge in [-0.05, 0) is 25.0 Å². The molecule has 0 bridgehead atoms. The number of hydrogen-bond donors (Lipinski definition) is 1. The molecule has 1 amide bonds. The van der Waals surface area contributed by atoms with E-state index in [4.69, 9.17) is 14.2 Å². The summed E-state index contributed by atoms with van der Waals surface area (Å²) in [5, 5.41) is 2.66. The number of anilines is 1. The Labute approximate surface area is 200 Å². The molecule has 10 heteroatoms. The summed E-state index contributed by atoms with van der Waals surface area (Å²) >= 11 is 0. The highest BCUT2D eigenvalue weighted by molar-refractivity contribution is 7.89. The van der Waals surface area contributed by atoms with Gasteiger partial charge in [0.25, 0.3) is 0 Å². The summed E-state index contributed by atoms with van der Waals surface area (Å²) in [5.41, 5.74) is 0.193. The van der Waals surface area contributed by atoms with Crippen LogP contribution in [0.15, 0.2) is 47.4 Å². The van der Waals surface area contributed by atoms with Crippen LogP contribution >= 0.6 is 0 Å². The maximum Gasteiger partial charge on any atom is 0.340 e. The number of sulfonamides is 1. The molecule has 0 aromatic heterocycles. The van der Waals surface area contributed by atoms with Crippen LogP contribution < -0.4 is 14.8 Å². The van der Waals surface area contributed by atoms with Gasteiger partial charge in [0.2, 0.25) is 15.9 Å². The fraction of sp³-hybridized carbons (Fsp3) is 0.417. The van der Waals surface area contributed by atoms with Crippen LogP contribution in [0.4, 0.5) is 5.69 Å². The van der Waals surface area contributed by atoms with Crippen LogP contribution in [0.2, 0.25) is 0 Å². The molecular formula is C24H30N2O7S. The fourth-order valence-electron chi connectivity index (χ4n) is 4.10. The standard InChI is InChI=1S/C24H30N2O7S/c1-31-21-14-19(24(28)33-3)20(15-22(21)32-2)25-23(27)16-26(17-10-6-4-7-11-17)34(29,30)18-12-8-5-9-13-18/h5,8-9,12-15,17H,4,6-7,10-11,16H2,1-3H3,(H,25,27). The highest BCUT2D eigenvalue weighted by Gasteiger charge is 2.34. The molecule has 3 rings (SSSR count). The maximum absolute atomic E-state index is 13.5. The minimum Gasteiger partial charge on any atom is -0.493 e. The average Bonchev–Trinajstić information content (AvgIpc) is 2.87. The molecule has 1 fully saturated rings. The lowest BCUT2D eigenvalue weighted by atomic mass is 9.95. The average molecular weight is 491 g/mol. The zero-order valence-corrected chi connectivity index (χ0v) is 20.4. The molecule has 34 heavy (non-hydrogen) atoms. The number of nitrogens with one attached hydrogen (secondary N) is 1. The van der Waals surface area contributed by atoms with E-state index in [-0.39, 0.29) is 27.9 Å². The van der Waals surface area contributed by atoms with Crippen molar-refractivity contribution in [3.8, 4) is 11.5 Å². The number of nitrogens with zero attached hydrogens (tertiary/aromatic N) is 1. The van der Waals surface area contributed by atoms with Gasteiger partial charge in [-0.1, -0.05) is 37.5 Å². The van der Waals surface area contributed by atoms with Crippen molar-refractivity contribution in [1.29, 1.82) is 0 Å². The van der Waals surface area contributed by atoms with Crippen LogP contribution in [0.25, 0.3) is 0 Å². The number of benzene rings is 2. The first-order valence-electron chi connectivity index (χ1n) is 11.0. The third kappa shape index (κ3) is 5.68. The number of amides is 1. The summed E-state index contributed by atoms with van der Waals surface area (Å²) in [7, 11) is 0.171. The third-order valence-electron chi connectivity index (χ3n) is 5.83. The van der Waals surface area contributed by atoms with Gasteiger partial charge >= 0.3 is 5.97 Å². The second kappa shape index (κ2) is 11.3. The Bertz CT molecular complexity index is 1110. The monoisotopic (exact) mass is 490 g/mol. The summed E-state index contributed by atoms with van der Waals surface area (Å²) < 4.78 is 43.5. The van der Waals surface area contributed by atoms with E-state index < -0.39 is 28.4 Å². The summed E-state index contributed by atoms with van der Waals surface area (Å²) in [4.78, 5) is 25.6. The largest absolute Gasteiger partial charge is 0.493 e. The molecule has 0 saturated heterocycles. The van der Waals surface area contributed by atoms with Crippen molar-refractivity contribution in [3.05, 3.63) is 48.0 Å². The molecule has 0 radical (unpaired) electrons. The molecule has 1 aliphatic rings. The molecule has 2 aromatic rings. The van der Waals surface area contributed by atoms with E-state index in [0.717, 1.165) is 19.3 Å². The van der Waals surface area contributed by atoms with Crippen LogP contribution in [0.1, 0.15) is 42.5 Å². The third-order valence-corrected chi connectivity index (χ3v) is 7.75. The number of esters is 1. The van der Waals surface area contributed by atoms with Gasteiger partial charge in [0, 0.05) is 18.2 Å². The molecule has 0 heterocycles. The van der Waals surface area contributed by atoms with Crippen molar-refractivity contribution in [3.63, 3.8) is 0 Å². The van der Waals surface area contributed by atoms with Gasteiger partial charge in [0.15, 0.2) is 11.5 Å². The topological polar surface area (TPSA) is 111 Å². The Kier molecular flexibility index (Phi) is 8.51. The lowest BCUT2D eigenvalue weighted by molar-refractivity contribution is -0.116. The summed E-state index contributed by atoms with van der Waals surface area (Å²) in [6, 6.07) is 10.6. The van der Waals surface area contributed by atoms with Crippen LogP contribution in [0, 0.1) is 0 Å². The summed E-state index contributed by atoms with van der Waals surface area (Å²) in [6.45, 7) is -0.392. The smallest absolute Gasteiger partial charge is 0.340 e. The van der Waals surface area contributed by atoms with Crippen molar-refractivity contribution in [2.75, 3.05) is 33.2 Å². The Morgan fingerprint density at radius 1 is 0.971 bits per heavy atom. The summed E-state index contributed by atoms with van der Waals surface area (Å²) in [5.74, 6) is -0.678. The number of carbonyl (C=O) groups excluding carboxylic acids is 2. The quantitative estimate of drug-likeness (QED) is 0.536. The van der Waals surface area contributed by atoms with Crippen molar-refractivity contribution >= 4 is 27.6 Å². The van der Waals surface area contributed by atoms with Gasteiger partial charge in [-0.2, -0.15) is 4.31 Å². The van der Waals surface area contributed by atoms with E-state index in [1.807, 2.05) is 0 Å². The SMILES string of the molecule is COC(=O)c1cc(OC)c(OC)cc1NC(=O)CN(C1CCCCC1)S(=O)(=O)c1ccccc1. The predicted octanol–water partition coefficient (Wildman–Crippen LogP) is 3.45. The molecule has 1 aliphatic carbocycles. The Balaban J connectivity index is 1.92. The molecule has 1 saturated carbocycles. The molecule has 9 nitrogen and oxygen atoms in total. The van der Waals surface area contributed by atoms with Crippen molar-refractivity contribution < 1.29 is 32.2 Å². The zero-order valence-electron chi connectivity index (χ0n) is 19.6. The van der Waals surface area contributed by atoms with Crippen LogP contribution in [0.5, 0.6) is 11.5 Å². The maximum atomic E-state index is 13.5. The second-order valence-electron chi connectivity index (χ2n) is 7.95. The first-order chi connectivity index (χ1) is 16.3. The number of ether oxygens (including phenoxy) is 3. The van der Waals surface area contributed by atoms with Crippen molar-refractivity contribution in [1.82, 2.24) is 4.31 Å². The molecule has 0 atom stereocenters.